The number of fused-ring (bicyclic) bond motifs is 1. The predicted molar refractivity (Wildman–Crippen MR) is 70.7 cm³/mol. The highest BCUT2D eigenvalue weighted by atomic mass is 79.9. The largest absolute Gasteiger partial charge is 0.453 e. The lowest BCUT2D eigenvalue weighted by molar-refractivity contribution is -0.121. The van der Waals surface area contributed by atoms with Crippen molar-refractivity contribution in [3.8, 4) is 0 Å². The highest BCUT2D eigenvalue weighted by molar-refractivity contribution is 9.09. The molecule has 0 saturated heterocycles. The molecule has 1 aromatic rings. The maximum Gasteiger partial charge on any atom is 0.410 e. The molecule has 1 aliphatic rings. The van der Waals surface area contributed by atoms with E-state index < -0.39 is 12.1 Å². The van der Waals surface area contributed by atoms with E-state index in [2.05, 4.69) is 15.9 Å². The van der Waals surface area contributed by atoms with Crippen molar-refractivity contribution in [3.63, 3.8) is 0 Å². The molecule has 0 radical (unpaired) electrons. The quantitative estimate of drug-likeness (QED) is 0.786. The molecular weight excluding hydrogens is 298 g/mol. The number of halogens is 1. The van der Waals surface area contributed by atoms with E-state index in [9.17, 15) is 9.59 Å². The Morgan fingerprint density at radius 1 is 1.39 bits per heavy atom. The molecule has 0 bridgehead atoms. The van der Waals surface area contributed by atoms with E-state index in [1.165, 1.54) is 12.0 Å². The van der Waals surface area contributed by atoms with Crippen LogP contribution in [0.1, 0.15) is 11.1 Å². The number of carbonyl (C=O) groups excluding carboxylic acids is 2. The highest BCUT2D eigenvalue weighted by Gasteiger charge is 2.34. The SMILES string of the molecule is COC(=O)N1Cc2ccccc2CC1C(=O)CBr. The van der Waals surface area contributed by atoms with Crippen LogP contribution in [0.5, 0.6) is 0 Å². The summed E-state index contributed by atoms with van der Waals surface area (Å²) in [6.07, 6.45) is 0.0965. The number of rotatable bonds is 2. The van der Waals surface area contributed by atoms with Crippen LogP contribution in [-0.2, 0) is 22.5 Å². The van der Waals surface area contributed by atoms with Crippen molar-refractivity contribution in [3.05, 3.63) is 35.4 Å². The summed E-state index contributed by atoms with van der Waals surface area (Å²) in [5, 5.41) is 0.243. The van der Waals surface area contributed by atoms with Gasteiger partial charge in [-0.05, 0) is 11.1 Å². The number of nitrogens with zero attached hydrogens (tertiary/aromatic N) is 1. The van der Waals surface area contributed by atoms with E-state index in [1.807, 2.05) is 24.3 Å². The van der Waals surface area contributed by atoms with Crippen molar-refractivity contribution in [2.45, 2.75) is 19.0 Å². The van der Waals surface area contributed by atoms with Gasteiger partial charge in [-0.25, -0.2) is 4.79 Å². The Morgan fingerprint density at radius 2 is 2.06 bits per heavy atom. The second-order valence-electron chi connectivity index (χ2n) is 4.19. The van der Waals surface area contributed by atoms with Crippen molar-refractivity contribution in [1.29, 1.82) is 0 Å². The summed E-state index contributed by atoms with van der Waals surface area (Å²) in [7, 11) is 1.33. The van der Waals surface area contributed by atoms with Crippen LogP contribution in [0.3, 0.4) is 0 Å². The van der Waals surface area contributed by atoms with E-state index in [0.29, 0.717) is 13.0 Å². The molecule has 96 valence electrons. The lowest BCUT2D eigenvalue weighted by Crippen LogP contribution is -2.49. The van der Waals surface area contributed by atoms with E-state index in [-0.39, 0.29) is 11.1 Å². The standard InChI is InChI=1S/C13H14BrNO3/c1-18-13(17)15-8-10-5-3-2-4-9(10)6-11(15)12(16)7-14/h2-5,11H,6-8H2,1H3. The number of ketones is 1. The predicted octanol–water partition coefficient (Wildman–Crippen LogP) is 2.14. The number of methoxy groups -OCH3 is 1. The van der Waals surface area contributed by atoms with Gasteiger partial charge in [0.25, 0.3) is 0 Å². The van der Waals surface area contributed by atoms with E-state index in [4.69, 9.17) is 4.74 Å². The molecule has 0 spiro atoms. The second-order valence-corrected chi connectivity index (χ2v) is 4.75. The molecule has 18 heavy (non-hydrogen) atoms. The maximum absolute atomic E-state index is 11.9. The minimum Gasteiger partial charge on any atom is -0.453 e. The number of ether oxygens (including phenoxy) is 1. The van der Waals surface area contributed by atoms with Gasteiger partial charge in [-0.15, -0.1) is 0 Å². The van der Waals surface area contributed by atoms with Crippen LogP contribution in [0.25, 0.3) is 0 Å². The summed E-state index contributed by atoms with van der Waals surface area (Å²) >= 11 is 3.16. The molecule has 2 rings (SSSR count). The van der Waals surface area contributed by atoms with Crippen molar-refractivity contribution < 1.29 is 14.3 Å². The molecular formula is C13H14BrNO3. The summed E-state index contributed by atoms with van der Waals surface area (Å²) < 4.78 is 4.75. The van der Waals surface area contributed by atoms with E-state index in [1.54, 1.807) is 0 Å². The van der Waals surface area contributed by atoms with Crippen LogP contribution in [0.4, 0.5) is 4.79 Å². The number of benzene rings is 1. The minimum absolute atomic E-state index is 0.00472. The fourth-order valence-electron chi connectivity index (χ4n) is 2.21. The molecule has 1 aliphatic heterocycles. The van der Waals surface area contributed by atoms with Gasteiger partial charge in [0.05, 0.1) is 25.0 Å². The van der Waals surface area contributed by atoms with Crippen LogP contribution in [0, 0.1) is 0 Å². The summed E-state index contributed by atoms with van der Waals surface area (Å²) in [4.78, 5) is 25.1. The van der Waals surface area contributed by atoms with Gasteiger partial charge < -0.3 is 4.74 Å². The van der Waals surface area contributed by atoms with Crippen LogP contribution >= 0.6 is 15.9 Å². The van der Waals surface area contributed by atoms with Gasteiger partial charge in [0.15, 0.2) is 5.78 Å². The third-order valence-corrected chi connectivity index (χ3v) is 3.71. The Morgan fingerprint density at radius 3 is 2.67 bits per heavy atom. The van der Waals surface area contributed by atoms with Crippen LogP contribution in [0.2, 0.25) is 0 Å². The fourth-order valence-corrected chi connectivity index (χ4v) is 2.58. The minimum atomic E-state index is -0.455. The van der Waals surface area contributed by atoms with Crippen molar-refractivity contribution >= 4 is 27.8 Å². The molecule has 0 N–H and O–H groups in total. The van der Waals surface area contributed by atoms with E-state index >= 15 is 0 Å². The summed E-state index contributed by atoms with van der Waals surface area (Å²) in [5.74, 6) is -0.00472. The Kier molecular flexibility index (Phi) is 4.01. The third-order valence-electron chi connectivity index (χ3n) is 3.16. The van der Waals surface area contributed by atoms with Gasteiger partial charge in [-0.2, -0.15) is 0 Å². The number of hydrogen-bond acceptors (Lipinski definition) is 3. The average Bonchev–Trinajstić information content (AvgIpc) is 2.44. The first kappa shape index (κ1) is 13.1. The van der Waals surface area contributed by atoms with Crippen molar-refractivity contribution in [1.82, 2.24) is 4.90 Å². The molecule has 0 aromatic heterocycles. The number of Topliss-reactive ketones (excluding diaryl/α,β-unsaturated/α-hetero) is 1. The van der Waals surface area contributed by atoms with Gasteiger partial charge in [0, 0.05) is 6.42 Å². The zero-order valence-corrected chi connectivity index (χ0v) is 11.6. The maximum atomic E-state index is 11.9. The van der Waals surface area contributed by atoms with Crippen molar-refractivity contribution in [2.24, 2.45) is 0 Å². The van der Waals surface area contributed by atoms with Gasteiger partial charge in [-0.3, -0.25) is 9.69 Å². The highest BCUT2D eigenvalue weighted by Crippen LogP contribution is 2.24. The number of carbonyl (C=O) groups is 2. The smallest absolute Gasteiger partial charge is 0.410 e. The monoisotopic (exact) mass is 311 g/mol. The lowest BCUT2D eigenvalue weighted by Gasteiger charge is -2.34. The van der Waals surface area contributed by atoms with Crippen LogP contribution < -0.4 is 0 Å². The van der Waals surface area contributed by atoms with Crippen LogP contribution in [-0.4, -0.2) is 35.3 Å². The molecule has 1 amide bonds. The van der Waals surface area contributed by atoms with Gasteiger partial charge in [-0.1, -0.05) is 40.2 Å². The second kappa shape index (κ2) is 5.52. The molecule has 0 saturated carbocycles. The topological polar surface area (TPSA) is 46.6 Å². The first-order valence-electron chi connectivity index (χ1n) is 5.67. The summed E-state index contributed by atoms with van der Waals surface area (Å²) in [6.45, 7) is 0.423. The zero-order valence-electron chi connectivity index (χ0n) is 10.1. The van der Waals surface area contributed by atoms with Crippen molar-refractivity contribution in [2.75, 3.05) is 12.4 Å². The molecule has 1 aromatic carbocycles. The first-order valence-corrected chi connectivity index (χ1v) is 6.79. The Balaban J connectivity index is 2.33. The van der Waals surface area contributed by atoms with Gasteiger partial charge >= 0.3 is 6.09 Å². The Labute approximate surface area is 114 Å². The third kappa shape index (κ3) is 2.41. The average molecular weight is 312 g/mol. The number of alkyl halides is 1. The molecule has 0 aliphatic carbocycles. The van der Waals surface area contributed by atoms with Gasteiger partial charge in [0.1, 0.15) is 0 Å². The summed E-state index contributed by atoms with van der Waals surface area (Å²) in [5.41, 5.74) is 2.19. The Bertz CT molecular complexity index is 432. The number of hydrogen-bond donors (Lipinski definition) is 0. The van der Waals surface area contributed by atoms with Crippen LogP contribution in [0.15, 0.2) is 24.3 Å². The molecule has 1 atom stereocenters. The molecule has 5 heteroatoms. The molecule has 0 fully saturated rings. The normalized spacial score (nSPS) is 18.1. The van der Waals surface area contributed by atoms with E-state index in [0.717, 1.165) is 11.1 Å². The Hall–Kier alpha value is -1.36. The number of amides is 1. The lowest BCUT2D eigenvalue weighted by atomic mass is 9.92. The zero-order chi connectivity index (χ0) is 13.1. The fraction of sp³-hybridized carbons (Fsp3) is 0.385. The first-order chi connectivity index (χ1) is 8.67. The molecule has 1 unspecified atom stereocenters. The molecule has 4 nitrogen and oxygen atoms in total. The summed E-state index contributed by atoms with van der Waals surface area (Å²) in [6, 6.07) is 7.41. The molecule has 1 heterocycles. The van der Waals surface area contributed by atoms with Gasteiger partial charge in [0.2, 0.25) is 0 Å².